The molecular weight excluding hydrogens is 316 g/mol. The van der Waals surface area contributed by atoms with E-state index in [0.29, 0.717) is 12.1 Å². The largest absolute Gasteiger partial charge is 0.480 e. The molecule has 0 spiro atoms. The Morgan fingerprint density at radius 2 is 2.20 bits per heavy atom. The van der Waals surface area contributed by atoms with Crippen molar-refractivity contribution in [2.24, 2.45) is 5.92 Å². The van der Waals surface area contributed by atoms with Crippen LogP contribution in [0.25, 0.3) is 5.65 Å². The van der Waals surface area contributed by atoms with Crippen molar-refractivity contribution in [3.8, 4) is 0 Å². The van der Waals surface area contributed by atoms with E-state index in [9.17, 15) is 4.79 Å². The van der Waals surface area contributed by atoms with Crippen molar-refractivity contribution in [3.05, 3.63) is 35.8 Å². The zero-order chi connectivity index (χ0) is 17.4. The van der Waals surface area contributed by atoms with Crippen molar-refractivity contribution in [2.45, 2.75) is 51.2 Å². The second-order valence-electron chi connectivity index (χ2n) is 7.58. The molecule has 2 fully saturated rings. The number of nitrogens with one attached hydrogen (secondary N) is 1. The Morgan fingerprint density at radius 1 is 1.40 bits per heavy atom. The Kier molecular flexibility index (Phi) is 4.48. The molecule has 2 saturated carbocycles. The van der Waals surface area contributed by atoms with Crippen molar-refractivity contribution in [2.75, 3.05) is 13.1 Å². The first-order valence-electron chi connectivity index (χ1n) is 9.21. The highest BCUT2D eigenvalue weighted by Gasteiger charge is 2.36. The fraction of sp³-hybridized carbons (Fsp3) is 0.579. The number of carboxylic acid groups (broad SMARTS) is 1. The fourth-order valence-electron chi connectivity index (χ4n) is 3.85. The second kappa shape index (κ2) is 6.77. The van der Waals surface area contributed by atoms with Gasteiger partial charge in [0.2, 0.25) is 0 Å². The van der Waals surface area contributed by atoms with Crippen LogP contribution in [-0.4, -0.2) is 50.5 Å². The van der Waals surface area contributed by atoms with Crippen LogP contribution in [0.4, 0.5) is 0 Å². The lowest BCUT2D eigenvalue weighted by atomic mass is 9.85. The van der Waals surface area contributed by atoms with E-state index in [0.717, 1.165) is 37.5 Å². The van der Waals surface area contributed by atoms with Crippen molar-refractivity contribution in [1.29, 1.82) is 0 Å². The molecule has 6 nitrogen and oxygen atoms in total. The summed E-state index contributed by atoms with van der Waals surface area (Å²) in [5.74, 6) is 0.0192. The maximum absolute atomic E-state index is 11.1. The molecule has 2 aromatic rings. The molecule has 0 atom stereocenters. The van der Waals surface area contributed by atoms with E-state index in [1.807, 2.05) is 18.3 Å². The normalized spacial score (nSPS) is 23.1. The molecule has 6 heteroatoms. The van der Waals surface area contributed by atoms with Crippen molar-refractivity contribution >= 4 is 11.6 Å². The predicted molar refractivity (Wildman–Crippen MR) is 95.5 cm³/mol. The lowest BCUT2D eigenvalue weighted by Gasteiger charge is -2.43. The summed E-state index contributed by atoms with van der Waals surface area (Å²) in [7, 11) is 0. The lowest BCUT2D eigenvalue weighted by Crippen LogP contribution is -2.54. The first-order chi connectivity index (χ1) is 12.1. The smallest absolute Gasteiger partial charge is 0.317 e. The van der Waals surface area contributed by atoms with Crippen LogP contribution in [0.2, 0.25) is 0 Å². The number of carboxylic acids is 1. The van der Waals surface area contributed by atoms with Gasteiger partial charge in [0.25, 0.3) is 0 Å². The number of pyridine rings is 1. The van der Waals surface area contributed by atoms with Gasteiger partial charge in [-0.05, 0) is 50.7 Å². The Morgan fingerprint density at radius 3 is 2.92 bits per heavy atom. The van der Waals surface area contributed by atoms with Gasteiger partial charge in [0, 0.05) is 30.9 Å². The van der Waals surface area contributed by atoms with E-state index in [4.69, 9.17) is 5.11 Å². The first-order valence-corrected chi connectivity index (χ1v) is 9.21. The highest BCUT2D eigenvalue weighted by atomic mass is 16.4. The number of hydrogen-bond donors (Lipinski definition) is 2. The summed E-state index contributed by atoms with van der Waals surface area (Å²) in [5.41, 5.74) is 3.35. The number of fused-ring (bicyclic) bond motifs is 1. The van der Waals surface area contributed by atoms with Gasteiger partial charge in [0.15, 0.2) is 0 Å². The molecule has 2 N–H and O–H groups in total. The molecular formula is C19H26N4O2. The topological polar surface area (TPSA) is 69.9 Å². The van der Waals surface area contributed by atoms with E-state index < -0.39 is 5.97 Å². The predicted octanol–water partition coefficient (Wildman–Crippen LogP) is 2.06. The Hall–Kier alpha value is -1.92. The number of nitrogens with zero attached hydrogens (tertiary/aromatic N) is 3. The summed E-state index contributed by atoms with van der Waals surface area (Å²) in [6, 6.07) is 7.03. The van der Waals surface area contributed by atoms with Gasteiger partial charge in [-0.1, -0.05) is 6.07 Å². The van der Waals surface area contributed by atoms with Crippen molar-refractivity contribution in [1.82, 2.24) is 19.6 Å². The van der Waals surface area contributed by atoms with Crippen LogP contribution in [-0.2, 0) is 11.3 Å². The van der Waals surface area contributed by atoms with Gasteiger partial charge in [-0.25, -0.2) is 4.98 Å². The molecule has 0 bridgehead atoms. The van der Waals surface area contributed by atoms with E-state index in [2.05, 4.69) is 32.6 Å². The molecule has 0 amide bonds. The van der Waals surface area contributed by atoms with E-state index >= 15 is 0 Å². The van der Waals surface area contributed by atoms with Gasteiger partial charge in [0.05, 0.1) is 18.4 Å². The number of carbonyl (C=O) groups is 1. The molecule has 0 radical (unpaired) electrons. The van der Waals surface area contributed by atoms with Crippen LogP contribution in [0, 0.1) is 12.8 Å². The summed E-state index contributed by atoms with van der Waals surface area (Å²) < 4.78 is 2.19. The Labute approximate surface area is 147 Å². The molecule has 25 heavy (non-hydrogen) atoms. The van der Waals surface area contributed by atoms with E-state index in [-0.39, 0.29) is 6.54 Å². The maximum atomic E-state index is 11.1. The third kappa shape index (κ3) is 3.70. The number of imidazole rings is 1. The summed E-state index contributed by atoms with van der Waals surface area (Å²) in [5, 5.41) is 12.8. The molecule has 0 saturated heterocycles. The molecule has 0 aliphatic heterocycles. The summed E-state index contributed by atoms with van der Waals surface area (Å²) in [6.07, 6.45) is 6.54. The number of aliphatic carboxylic acids is 1. The summed E-state index contributed by atoms with van der Waals surface area (Å²) >= 11 is 0. The number of rotatable bonds is 8. The minimum absolute atomic E-state index is 0.181. The Balaban J connectivity index is 1.31. The summed E-state index contributed by atoms with van der Waals surface area (Å²) in [4.78, 5) is 17.8. The highest BCUT2D eigenvalue weighted by Crippen LogP contribution is 2.33. The van der Waals surface area contributed by atoms with Gasteiger partial charge >= 0.3 is 5.97 Å². The van der Waals surface area contributed by atoms with Crippen LogP contribution in [0.1, 0.15) is 37.1 Å². The van der Waals surface area contributed by atoms with Crippen molar-refractivity contribution in [3.63, 3.8) is 0 Å². The van der Waals surface area contributed by atoms with Gasteiger partial charge in [-0.3, -0.25) is 9.69 Å². The average molecular weight is 342 g/mol. The third-order valence-corrected chi connectivity index (χ3v) is 5.53. The number of aromatic nitrogens is 2. The fourth-order valence-corrected chi connectivity index (χ4v) is 3.85. The highest BCUT2D eigenvalue weighted by molar-refractivity contribution is 5.69. The van der Waals surface area contributed by atoms with E-state index in [1.54, 1.807) is 0 Å². The minimum Gasteiger partial charge on any atom is -0.480 e. The van der Waals surface area contributed by atoms with Crippen LogP contribution in [0.5, 0.6) is 0 Å². The maximum Gasteiger partial charge on any atom is 0.317 e. The average Bonchev–Trinajstić information content (AvgIpc) is 3.23. The van der Waals surface area contributed by atoms with Gasteiger partial charge in [-0.2, -0.15) is 0 Å². The number of hydrogen-bond acceptors (Lipinski definition) is 4. The number of aryl methyl sites for hydroxylation is 1. The zero-order valence-corrected chi connectivity index (χ0v) is 14.7. The molecule has 2 aliphatic rings. The molecule has 0 unspecified atom stereocenters. The Bertz CT molecular complexity index is 762. The summed E-state index contributed by atoms with van der Waals surface area (Å²) in [6.45, 7) is 4.03. The van der Waals surface area contributed by atoms with Crippen LogP contribution < -0.4 is 5.32 Å². The molecule has 0 aromatic carbocycles. The van der Waals surface area contributed by atoms with Gasteiger partial charge in [0.1, 0.15) is 5.65 Å². The molecule has 4 rings (SSSR count). The quantitative estimate of drug-likeness (QED) is 0.768. The van der Waals surface area contributed by atoms with Crippen LogP contribution in [0.15, 0.2) is 24.4 Å². The van der Waals surface area contributed by atoms with Crippen molar-refractivity contribution < 1.29 is 9.90 Å². The molecule has 2 aromatic heterocycles. The van der Waals surface area contributed by atoms with Gasteiger partial charge < -0.3 is 14.8 Å². The van der Waals surface area contributed by atoms with Crippen LogP contribution >= 0.6 is 0 Å². The first kappa shape index (κ1) is 16.5. The lowest BCUT2D eigenvalue weighted by molar-refractivity contribution is -0.139. The standard InChI is InChI=1S/C19H26N4O2/c1-13-3-2-4-18-21-10-17(23(13)18)9-20-15-7-16(8-15)22(12-19(24)25)11-14-5-6-14/h2-4,10,14-16,20H,5-9,11-12H2,1H3,(H,24,25). The van der Waals surface area contributed by atoms with Crippen LogP contribution in [0.3, 0.4) is 0 Å². The minimum atomic E-state index is -0.710. The van der Waals surface area contributed by atoms with Gasteiger partial charge in [-0.15, -0.1) is 0 Å². The SMILES string of the molecule is Cc1cccc2ncc(CNC3CC(N(CC(=O)O)CC4CC4)C3)n12. The second-order valence-corrected chi connectivity index (χ2v) is 7.58. The third-order valence-electron chi connectivity index (χ3n) is 5.53. The molecule has 2 aliphatic carbocycles. The molecule has 2 heterocycles. The molecule has 134 valence electrons. The zero-order valence-electron chi connectivity index (χ0n) is 14.7. The van der Waals surface area contributed by atoms with E-state index in [1.165, 1.54) is 24.2 Å². The monoisotopic (exact) mass is 342 g/mol.